The summed E-state index contributed by atoms with van der Waals surface area (Å²) in [5.41, 5.74) is 9.80. The lowest BCUT2D eigenvalue weighted by molar-refractivity contribution is 1.80. The molecule has 12 heavy (non-hydrogen) atoms. The van der Waals surface area contributed by atoms with E-state index in [0.717, 1.165) is 0 Å². The van der Waals surface area contributed by atoms with Gasteiger partial charge in [-0.3, -0.25) is 0 Å². The first-order valence-corrected chi connectivity index (χ1v) is 10.7. The van der Waals surface area contributed by atoms with Crippen LogP contribution in [0.25, 0.3) is 0 Å². The van der Waals surface area contributed by atoms with Gasteiger partial charge in [0, 0.05) is 5.50 Å². The van der Waals surface area contributed by atoms with E-state index in [1.165, 1.54) is 0 Å². The summed E-state index contributed by atoms with van der Waals surface area (Å²) in [6.07, 6.45) is 5.39. The molecule has 66 valence electrons. The van der Waals surface area contributed by atoms with Crippen molar-refractivity contribution < 1.29 is 0 Å². The van der Waals surface area contributed by atoms with Crippen LogP contribution >= 0.6 is 11.6 Å². The summed E-state index contributed by atoms with van der Waals surface area (Å²) in [5, 5.41) is 0. The normalized spacial score (nSPS) is 15.3. The van der Waals surface area contributed by atoms with Crippen LogP contribution in [0.2, 0.25) is 26.2 Å². The van der Waals surface area contributed by atoms with Gasteiger partial charge in [-0.1, -0.05) is 19.6 Å². The van der Waals surface area contributed by atoms with E-state index >= 15 is 0 Å². The van der Waals surface area contributed by atoms with Crippen molar-refractivity contribution in [3.63, 3.8) is 0 Å². The minimum atomic E-state index is -1.84. The lowest BCUT2D eigenvalue weighted by Crippen LogP contribution is -2.31. The summed E-state index contributed by atoms with van der Waals surface area (Å²) >= 11 is 5.77. The van der Waals surface area contributed by atoms with E-state index in [0.29, 0.717) is 5.50 Å². The molecule has 0 aliphatic rings. The van der Waals surface area contributed by atoms with Gasteiger partial charge in [-0.25, -0.2) is 0 Å². The van der Waals surface area contributed by atoms with Crippen molar-refractivity contribution in [3.8, 4) is 23.1 Å². The van der Waals surface area contributed by atoms with Crippen molar-refractivity contribution in [2.75, 3.05) is 5.50 Å². The second kappa shape index (κ2) is 4.19. The van der Waals surface area contributed by atoms with E-state index in [2.05, 4.69) is 36.3 Å². The van der Waals surface area contributed by atoms with Gasteiger partial charge < -0.3 is 0 Å². The van der Waals surface area contributed by atoms with Gasteiger partial charge in [0.05, 0.1) is 0 Å². The van der Waals surface area contributed by atoms with E-state index in [1.807, 2.05) is 6.55 Å². The largest absolute Gasteiger partial charge is 0.226 e. The molecular formula is C9H15ClSi2. The summed E-state index contributed by atoms with van der Waals surface area (Å²) in [5.74, 6) is 0. The maximum Gasteiger partial charge on any atom is 0.226 e. The third-order valence-electron chi connectivity index (χ3n) is 1.30. The Labute approximate surface area is 82.7 Å². The maximum absolute atomic E-state index is 5.77. The molecular weight excluding hydrogens is 200 g/mol. The first-order chi connectivity index (χ1) is 5.33. The molecule has 0 nitrogen and oxygen atoms in total. The van der Waals surface area contributed by atoms with Crippen molar-refractivity contribution in [2.24, 2.45) is 0 Å². The third kappa shape index (κ3) is 4.67. The fourth-order valence-electron chi connectivity index (χ4n) is 0.434. The topological polar surface area (TPSA) is 0 Å². The van der Waals surface area contributed by atoms with Crippen LogP contribution in [0.3, 0.4) is 0 Å². The number of hydrogen-bond acceptors (Lipinski definition) is 0. The monoisotopic (exact) mass is 214 g/mol. The van der Waals surface area contributed by atoms with Gasteiger partial charge in [-0.05, 0) is 6.55 Å². The van der Waals surface area contributed by atoms with Crippen molar-refractivity contribution >= 4 is 27.7 Å². The lowest BCUT2D eigenvalue weighted by Gasteiger charge is -2.10. The Morgan fingerprint density at radius 2 is 1.67 bits per heavy atom. The minimum absolute atomic E-state index is 0.543. The average molecular weight is 215 g/mol. The molecule has 0 amide bonds. The van der Waals surface area contributed by atoms with Crippen LogP contribution in [0.4, 0.5) is 0 Å². The van der Waals surface area contributed by atoms with Crippen molar-refractivity contribution in [1.29, 1.82) is 0 Å². The molecule has 1 atom stereocenters. The molecule has 0 saturated carbocycles. The Morgan fingerprint density at radius 3 is 1.92 bits per heavy atom. The Kier molecular flexibility index (Phi) is 4.13. The standard InChI is InChI=1S/C9H15ClSi2/c1-6-12(5,9-10)8-7-11(2,3)4/h1H,9H2,2-5H3. The maximum atomic E-state index is 5.77. The predicted octanol–water partition coefficient (Wildman–Crippen LogP) is 2.44. The summed E-state index contributed by atoms with van der Waals surface area (Å²) in [6, 6.07) is 0. The van der Waals surface area contributed by atoms with Crippen molar-refractivity contribution in [1.82, 2.24) is 0 Å². The Balaban J connectivity index is 4.61. The number of alkyl halides is 1. The number of halogens is 1. The smallest absolute Gasteiger partial charge is 0.138 e. The molecule has 0 aliphatic carbocycles. The van der Waals surface area contributed by atoms with E-state index in [1.54, 1.807) is 0 Å². The number of terminal acetylenes is 1. The molecule has 0 bridgehead atoms. The minimum Gasteiger partial charge on any atom is -0.138 e. The molecule has 0 aromatic heterocycles. The Bertz CT molecular complexity index is 248. The molecule has 0 radical (unpaired) electrons. The first kappa shape index (κ1) is 11.8. The van der Waals surface area contributed by atoms with Crippen LogP contribution in [0.5, 0.6) is 0 Å². The molecule has 0 fully saturated rings. The third-order valence-corrected chi connectivity index (χ3v) is 5.88. The SMILES string of the molecule is C#C[Si](C)(C#C[Si](C)(C)C)CCl. The quantitative estimate of drug-likeness (QED) is 0.358. The summed E-state index contributed by atoms with van der Waals surface area (Å²) in [6.45, 7) is 8.66. The zero-order chi connectivity index (χ0) is 9.83. The Morgan fingerprint density at radius 1 is 1.17 bits per heavy atom. The highest BCUT2D eigenvalue weighted by Crippen LogP contribution is 2.03. The van der Waals surface area contributed by atoms with Crippen LogP contribution in [0.15, 0.2) is 0 Å². The zero-order valence-electron chi connectivity index (χ0n) is 8.16. The summed E-state index contributed by atoms with van der Waals surface area (Å²) in [4.78, 5) is 0. The van der Waals surface area contributed by atoms with Crippen LogP contribution in [0, 0.1) is 23.1 Å². The molecule has 0 saturated heterocycles. The zero-order valence-corrected chi connectivity index (χ0v) is 10.9. The number of hydrogen-bond donors (Lipinski definition) is 0. The van der Waals surface area contributed by atoms with Gasteiger partial charge >= 0.3 is 0 Å². The summed E-state index contributed by atoms with van der Waals surface area (Å²) < 4.78 is 0. The van der Waals surface area contributed by atoms with Crippen LogP contribution in [0.1, 0.15) is 0 Å². The molecule has 3 heteroatoms. The molecule has 0 aliphatic heterocycles. The fourth-order valence-corrected chi connectivity index (χ4v) is 3.69. The van der Waals surface area contributed by atoms with Crippen molar-refractivity contribution in [3.05, 3.63) is 0 Å². The van der Waals surface area contributed by atoms with Crippen LogP contribution < -0.4 is 0 Å². The molecule has 0 heterocycles. The fraction of sp³-hybridized carbons (Fsp3) is 0.556. The van der Waals surface area contributed by atoms with E-state index in [9.17, 15) is 0 Å². The van der Waals surface area contributed by atoms with Crippen molar-refractivity contribution in [2.45, 2.75) is 26.2 Å². The highest BCUT2D eigenvalue weighted by molar-refractivity contribution is 6.98. The second-order valence-electron chi connectivity index (χ2n) is 4.11. The van der Waals surface area contributed by atoms with Gasteiger partial charge in [-0.15, -0.1) is 34.7 Å². The molecule has 0 N–H and O–H groups in total. The first-order valence-electron chi connectivity index (χ1n) is 3.91. The van der Waals surface area contributed by atoms with Gasteiger partial charge in [-0.2, -0.15) is 0 Å². The molecule has 0 aromatic carbocycles. The molecule has 0 rings (SSSR count). The molecule has 0 aromatic rings. The number of rotatable bonds is 1. The highest BCUT2D eigenvalue weighted by atomic mass is 35.5. The Hall–Kier alpha value is -0.156. The average Bonchev–Trinajstić information content (AvgIpc) is 1.99. The van der Waals surface area contributed by atoms with Gasteiger partial charge in [0.15, 0.2) is 0 Å². The van der Waals surface area contributed by atoms with Gasteiger partial charge in [0.2, 0.25) is 8.07 Å². The lowest BCUT2D eigenvalue weighted by atomic mass is 11.3. The van der Waals surface area contributed by atoms with Crippen LogP contribution in [-0.2, 0) is 0 Å². The van der Waals surface area contributed by atoms with E-state index < -0.39 is 16.1 Å². The second-order valence-corrected chi connectivity index (χ2v) is 13.1. The van der Waals surface area contributed by atoms with Gasteiger partial charge in [0.1, 0.15) is 8.07 Å². The highest BCUT2D eigenvalue weighted by Gasteiger charge is 2.21. The van der Waals surface area contributed by atoms with E-state index in [4.69, 9.17) is 18.0 Å². The predicted molar refractivity (Wildman–Crippen MR) is 62.3 cm³/mol. The van der Waals surface area contributed by atoms with E-state index in [-0.39, 0.29) is 0 Å². The molecule has 0 spiro atoms. The molecule has 1 unspecified atom stereocenters. The summed E-state index contributed by atoms with van der Waals surface area (Å²) in [7, 11) is -3.12. The van der Waals surface area contributed by atoms with Crippen LogP contribution in [-0.4, -0.2) is 21.7 Å². The van der Waals surface area contributed by atoms with Gasteiger partial charge in [0.25, 0.3) is 0 Å².